The highest BCUT2D eigenvalue weighted by atomic mass is 16.2. The summed E-state index contributed by atoms with van der Waals surface area (Å²) in [4.78, 5) is 15.3. The smallest absolute Gasteiger partial charge is 0.249 e. The molecule has 1 amide bonds. The minimum absolute atomic E-state index is 0.218. The summed E-state index contributed by atoms with van der Waals surface area (Å²) in [5, 5.41) is 7.07. The lowest BCUT2D eigenvalue weighted by molar-refractivity contribution is -0.125. The van der Waals surface area contributed by atoms with E-state index in [1.54, 1.807) is 20.8 Å². The highest BCUT2D eigenvalue weighted by Crippen LogP contribution is 2.17. The molecule has 0 aliphatic rings. The van der Waals surface area contributed by atoms with Crippen LogP contribution in [-0.4, -0.2) is 21.1 Å². The molecule has 0 saturated carbocycles. The summed E-state index contributed by atoms with van der Waals surface area (Å²) in [7, 11) is 0. The zero-order valence-corrected chi connectivity index (χ0v) is 7.90. The van der Waals surface area contributed by atoms with E-state index >= 15 is 0 Å². The predicted octanol–water partition coefficient (Wildman–Crippen LogP) is 0.0575. The molecule has 3 N–H and O–H groups in total. The summed E-state index contributed by atoms with van der Waals surface area (Å²) in [5.74, 6) is 5.55. The standard InChI is InChI=1S/C7H13N5O/c1-7(2,3)5(13)12(8)6-9-4-10-11-6/h4H,8H2,1-3H3,(H,9,10,11). The van der Waals surface area contributed by atoms with Crippen LogP contribution in [0.25, 0.3) is 0 Å². The van der Waals surface area contributed by atoms with Crippen LogP contribution in [0.2, 0.25) is 0 Å². The Hall–Kier alpha value is -1.43. The van der Waals surface area contributed by atoms with Gasteiger partial charge in [-0.2, -0.15) is 10.1 Å². The number of nitrogens with one attached hydrogen (secondary N) is 1. The van der Waals surface area contributed by atoms with Crippen molar-refractivity contribution in [3.05, 3.63) is 6.33 Å². The lowest BCUT2D eigenvalue weighted by atomic mass is 9.95. The molecule has 6 heteroatoms. The molecule has 0 saturated heterocycles. The highest BCUT2D eigenvalue weighted by Gasteiger charge is 2.27. The molecule has 0 aliphatic heterocycles. The summed E-state index contributed by atoms with van der Waals surface area (Å²) in [6, 6.07) is 0. The second-order valence-electron chi connectivity index (χ2n) is 3.73. The van der Waals surface area contributed by atoms with E-state index in [1.165, 1.54) is 6.33 Å². The SMILES string of the molecule is CC(C)(C)C(=O)N(N)c1ncn[nH]1. The van der Waals surface area contributed by atoms with Crippen molar-refractivity contribution >= 4 is 11.9 Å². The number of aromatic amines is 1. The number of nitrogens with zero attached hydrogens (tertiary/aromatic N) is 3. The summed E-state index contributed by atoms with van der Waals surface area (Å²) in [6.07, 6.45) is 1.30. The molecule has 0 bridgehead atoms. The van der Waals surface area contributed by atoms with Crippen LogP contribution < -0.4 is 10.9 Å². The molecule has 1 aromatic rings. The van der Waals surface area contributed by atoms with Crippen molar-refractivity contribution in [1.29, 1.82) is 0 Å². The van der Waals surface area contributed by atoms with Gasteiger partial charge in [0.25, 0.3) is 0 Å². The molecule has 0 aliphatic carbocycles. The van der Waals surface area contributed by atoms with Crippen LogP contribution in [-0.2, 0) is 4.79 Å². The first-order chi connectivity index (χ1) is 5.93. The molecule has 0 atom stereocenters. The fourth-order valence-corrected chi connectivity index (χ4v) is 0.773. The van der Waals surface area contributed by atoms with E-state index in [2.05, 4.69) is 15.2 Å². The molecule has 72 valence electrons. The highest BCUT2D eigenvalue weighted by molar-refractivity contribution is 5.94. The van der Waals surface area contributed by atoms with Crippen molar-refractivity contribution in [2.45, 2.75) is 20.8 Å². The molecule has 0 unspecified atom stereocenters. The van der Waals surface area contributed by atoms with Gasteiger partial charge in [0.15, 0.2) is 0 Å². The number of hydrogen-bond acceptors (Lipinski definition) is 4. The van der Waals surface area contributed by atoms with Crippen molar-refractivity contribution in [1.82, 2.24) is 15.2 Å². The van der Waals surface area contributed by atoms with Crippen molar-refractivity contribution in [3.8, 4) is 0 Å². The second kappa shape index (κ2) is 3.14. The van der Waals surface area contributed by atoms with Crippen molar-refractivity contribution < 1.29 is 4.79 Å². The number of H-pyrrole nitrogens is 1. The van der Waals surface area contributed by atoms with E-state index in [1.807, 2.05) is 0 Å². The van der Waals surface area contributed by atoms with Gasteiger partial charge in [-0.05, 0) is 0 Å². The van der Waals surface area contributed by atoms with Crippen LogP contribution in [0.5, 0.6) is 0 Å². The monoisotopic (exact) mass is 183 g/mol. The van der Waals surface area contributed by atoms with Gasteiger partial charge in [0.05, 0.1) is 0 Å². The fourth-order valence-electron chi connectivity index (χ4n) is 0.773. The average Bonchev–Trinajstić information content (AvgIpc) is 2.51. The van der Waals surface area contributed by atoms with Gasteiger partial charge in [0.2, 0.25) is 11.9 Å². The maximum Gasteiger partial charge on any atom is 0.249 e. The lowest BCUT2D eigenvalue weighted by Gasteiger charge is -2.22. The average molecular weight is 183 g/mol. The van der Waals surface area contributed by atoms with Crippen LogP contribution in [0.1, 0.15) is 20.8 Å². The largest absolute Gasteiger partial charge is 0.272 e. The molecule has 0 radical (unpaired) electrons. The van der Waals surface area contributed by atoms with Crippen LogP contribution in [0.15, 0.2) is 6.33 Å². The van der Waals surface area contributed by atoms with Crippen molar-refractivity contribution in [2.24, 2.45) is 11.3 Å². The maximum absolute atomic E-state index is 11.6. The lowest BCUT2D eigenvalue weighted by Crippen LogP contribution is -2.45. The van der Waals surface area contributed by atoms with Gasteiger partial charge in [-0.15, -0.1) is 0 Å². The van der Waals surface area contributed by atoms with Gasteiger partial charge in [-0.25, -0.2) is 16.0 Å². The second-order valence-corrected chi connectivity index (χ2v) is 3.73. The molecule has 1 heterocycles. The summed E-state index contributed by atoms with van der Waals surface area (Å²) in [6.45, 7) is 5.35. The first-order valence-corrected chi connectivity index (χ1v) is 3.87. The number of rotatable bonds is 1. The quantitative estimate of drug-likeness (QED) is 0.366. The number of hydrogen-bond donors (Lipinski definition) is 2. The third kappa shape index (κ3) is 2.03. The molecule has 0 spiro atoms. The molecule has 6 nitrogen and oxygen atoms in total. The maximum atomic E-state index is 11.6. The summed E-state index contributed by atoms with van der Waals surface area (Å²) in [5.41, 5.74) is -0.526. The van der Waals surface area contributed by atoms with Gasteiger partial charge >= 0.3 is 0 Å². The summed E-state index contributed by atoms with van der Waals surface area (Å²) >= 11 is 0. The van der Waals surface area contributed by atoms with E-state index in [4.69, 9.17) is 5.84 Å². The molecular formula is C7H13N5O. The Balaban J connectivity index is 2.81. The topological polar surface area (TPSA) is 87.9 Å². The third-order valence-corrected chi connectivity index (χ3v) is 1.49. The number of nitrogens with two attached hydrogens (primary N) is 1. The Morgan fingerprint density at radius 1 is 1.62 bits per heavy atom. The molecule has 0 aromatic carbocycles. The molecular weight excluding hydrogens is 170 g/mol. The number of carbonyl (C=O) groups is 1. The van der Waals surface area contributed by atoms with Crippen molar-refractivity contribution in [2.75, 3.05) is 5.01 Å². The van der Waals surface area contributed by atoms with Gasteiger partial charge in [-0.1, -0.05) is 20.8 Å². The van der Waals surface area contributed by atoms with Crippen LogP contribution in [0.3, 0.4) is 0 Å². The Kier molecular flexibility index (Phi) is 2.33. The predicted molar refractivity (Wildman–Crippen MR) is 47.5 cm³/mol. The minimum atomic E-state index is -0.526. The third-order valence-electron chi connectivity index (χ3n) is 1.49. The summed E-state index contributed by atoms with van der Waals surface area (Å²) < 4.78 is 0. The van der Waals surface area contributed by atoms with Crippen molar-refractivity contribution in [3.63, 3.8) is 0 Å². The zero-order valence-electron chi connectivity index (χ0n) is 7.90. The zero-order chi connectivity index (χ0) is 10.1. The fraction of sp³-hybridized carbons (Fsp3) is 0.571. The molecule has 1 rings (SSSR count). The number of amides is 1. The van der Waals surface area contributed by atoms with Gasteiger partial charge in [-0.3, -0.25) is 4.79 Å². The minimum Gasteiger partial charge on any atom is -0.272 e. The van der Waals surface area contributed by atoms with Crippen LogP contribution >= 0.6 is 0 Å². The number of carbonyl (C=O) groups excluding carboxylic acids is 1. The van der Waals surface area contributed by atoms with Gasteiger partial charge in [0.1, 0.15) is 6.33 Å². The van der Waals surface area contributed by atoms with Gasteiger partial charge in [0, 0.05) is 5.41 Å². The molecule has 1 aromatic heterocycles. The van der Waals surface area contributed by atoms with E-state index < -0.39 is 5.41 Å². The number of hydrazine groups is 1. The molecule has 13 heavy (non-hydrogen) atoms. The van der Waals surface area contributed by atoms with E-state index in [0.717, 1.165) is 5.01 Å². The normalized spacial score (nSPS) is 11.4. The number of anilines is 1. The van der Waals surface area contributed by atoms with E-state index in [9.17, 15) is 4.79 Å². The first kappa shape index (κ1) is 9.66. The number of aromatic nitrogens is 3. The first-order valence-electron chi connectivity index (χ1n) is 3.87. The van der Waals surface area contributed by atoms with E-state index in [-0.39, 0.29) is 11.9 Å². The Morgan fingerprint density at radius 3 is 2.62 bits per heavy atom. The Bertz CT molecular complexity index is 286. The Labute approximate surface area is 76.1 Å². The van der Waals surface area contributed by atoms with Crippen LogP contribution in [0, 0.1) is 5.41 Å². The van der Waals surface area contributed by atoms with E-state index in [0.29, 0.717) is 0 Å². The molecule has 0 fully saturated rings. The Morgan fingerprint density at radius 2 is 2.23 bits per heavy atom. The van der Waals surface area contributed by atoms with Crippen LogP contribution in [0.4, 0.5) is 5.95 Å². The van der Waals surface area contributed by atoms with Gasteiger partial charge < -0.3 is 0 Å².